The van der Waals surface area contributed by atoms with Crippen molar-refractivity contribution in [3.8, 4) is 0 Å². The minimum Gasteiger partial charge on any atom is -0.313 e. The molecule has 2 amide bonds. The molecule has 178 valence electrons. The Kier molecular flexibility index (Phi) is 7.16. The standard InChI is InChI=1S/C23H25F3N2O4S/c1-3-21(29)28-12-10-16-14-19(8-9-20(16)28)33(31,32)13-11-22(30)27(4-2)18-7-5-6-17(15-18)23(24,25)26/h5-9,14-15H,3-4,10-13H2,1-2H3. The molecule has 0 bridgehead atoms. The number of fused-ring (bicyclic) bond motifs is 1. The second-order valence-corrected chi connectivity index (χ2v) is 9.80. The zero-order chi connectivity index (χ0) is 24.4. The van der Waals surface area contributed by atoms with Crippen LogP contribution in [-0.2, 0) is 32.0 Å². The van der Waals surface area contributed by atoms with Crippen molar-refractivity contribution in [3.05, 3.63) is 53.6 Å². The lowest BCUT2D eigenvalue weighted by Crippen LogP contribution is -2.32. The smallest absolute Gasteiger partial charge is 0.313 e. The summed E-state index contributed by atoms with van der Waals surface area (Å²) in [5, 5.41) is 0. The first-order valence-electron chi connectivity index (χ1n) is 10.6. The summed E-state index contributed by atoms with van der Waals surface area (Å²) in [6.45, 7) is 3.96. The fraction of sp³-hybridized carbons (Fsp3) is 0.391. The van der Waals surface area contributed by atoms with Crippen LogP contribution in [0.15, 0.2) is 47.4 Å². The van der Waals surface area contributed by atoms with Crippen LogP contribution in [-0.4, -0.2) is 39.1 Å². The first-order valence-corrected chi connectivity index (χ1v) is 12.3. The molecule has 33 heavy (non-hydrogen) atoms. The van der Waals surface area contributed by atoms with Gasteiger partial charge >= 0.3 is 6.18 Å². The molecule has 3 rings (SSSR count). The van der Waals surface area contributed by atoms with Gasteiger partial charge in [-0.3, -0.25) is 9.59 Å². The molecule has 2 aromatic rings. The summed E-state index contributed by atoms with van der Waals surface area (Å²) >= 11 is 0. The van der Waals surface area contributed by atoms with Gasteiger partial charge in [-0.1, -0.05) is 13.0 Å². The molecule has 0 fully saturated rings. The summed E-state index contributed by atoms with van der Waals surface area (Å²) < 4.78 is 64.7. The maximum absolute atomic E-state index is 13.0. The van der Waals surface area contributed by atoms with E-state index in [1.165, 1.54) is 24.3 Å². The van der Waals surface area contributed by atoms with Gasteiger partial charge in [0.1, 0.15) is 0 Å². The fourth-order valence-corrected chi connectivity index (χ4v) is 5.13. The highest BCUT2D eigenvalue weighted by Gasteiger charge is 2.31. The van der Waals surface area contributed by atoms with E-state index in [4.69, 9.17) is 0 Å². The van der Waals surface area contributed by atoms with Crippen LogP contribution >= 0.6 is 0 Å². The minimum absolute atomic E-state index is 0.0378. The summed E-state index contributed by atoms with van der Waals surface area (Å²) in [4.78, 5) is 27.5. The van der Waals surface area contributed by atoms with Crippen LogP contribution in [0.3, 0.4) is 0 Å². The van der Waals surface area contributed by atoms with Crippen LogP contribution in [0, 0.1) is 0 Å². The molecule has 0 aromatic heterocycles. The number of anilines is 2. The highest BCUT2D eigenvalue weighted by atomic mass is 32.2. The Hall–Kier alpha value is -2.88. The van der Waals surface area contributed by atoms with Gasteiger partial charge in [-0.2, -0.15) is 13.2 Å². The van der Waals surface area contributed by atoms with E-state index < -0.39 is 33.2 Å². The molecule has 0 atom stereocenters. The van der Waals surface area contributed by atoms with Crippen molar-refractivity contribution in [1.82, 2.24) is 0 Å². The maximum Gasteiger partial charge on any atom is 0.416 e. The Morgan fingerprint density at radius 1 is 1.09 bits per heavy atom. The number of carbonyl (C=O) groups is 2. The average Bonchev–Trinajstić information content (AvgIpc) is 3.21. The van der Waals surface area contributed by atoms with Gasteiger partial charge < -0.3 is 9.80 Å². The normalized spacial score (nSPS) is 13.7. The highest BCUT2D eigenvalue weighted by molar-refractivity contribution is 7.91. The average molecular weight is 483 g/mol. The van der Waals surface area contributed by atoms with Gasteiger partial charge in [0.15, 0.2) is 9.84 Å². The summed E-state index contributed by atoms with van der Waals surface area (Å²) in [6.07, 6.45) is -4.03. The van der Waals surface area contributed by atoms with Gasteiger partial charge in [-0.15, -0.1) is 0 Å². The molecule has 1 aliphatic heterocycles. The molecule has 2 aromatic carbocycles. The van der Waals surface area contributed by atoms with Crippen molar-refractivity contribution >= 4 is 33.0 Å². The molecular formula is C23H25F3N2O4S. The van der Waals surface area contributed by atoms with Crippen LogP contribution in [0.2, 0.25) is 0 Å². The van der Waals surface area contributed by atoms with Crippen LogP contribution in [0.4, 0.5) is 24.5 Å². The van der Waals surface area contributed by atoms with Crippen LogP contribution in [0.5, 0.6) is 0 Å². The molecule has 0 radical (unpaired) electrons. The number of hydrogen-bond donors (Lipinski definition) is 0. The second-order valence-electron chi connectivity index (χ2n) is 7.69. The molecule has 0 aliphatic carbocycles. The quantitative estimate of drug-likeness (QED) is 0.592. The number of alkyl halides is 3. The van der Waals surface area contributed by atoms with E-state index in [0.29, 0.717) is 25.1 Å². The number of sulfone groups is 1. The van der Waals surface area contributed by atoms with E-state index in [9.17, 15) is 31.2 Å². The molecule has 0 spiro atoms. The number of carbonyl (C=O) groups excluding carboxylic acids is 2. The zero-order valence-electron chi connectivity index (χ0n) is 18.4. The highest BCUT2D eigenvalue weighted by Crippen LogP contribution is 2.33. The Balaban J connectivity index is 1.74. The lowest BCUT2D eigenvalue weighted by Gasteiger charge is -2.22. The van der Waals surface area contributed by atoms with Gasteiger partial charge in [0.05, 0.1) is 16.2 Å². The molecule has 10 heteroatoms. The summed E-state index contributed by atoms with van der Waals surface area (Å²) in [6, 6.07) is 8.93. The van der Waals surface area contributed by atoms with Gasteiger partial charge in [0, 0.05) is 37.3 Å². The molecular weight excluding hydrogens is 457 g/mol. The summed E-state index contributed by atoms with van der Waals surface area (Å²) in [7, 11) is -3.81. The predicted molar refractivity (Wildman–Crippen MR) is 119 cm³/mol. The first kappa shape index (κ1) is 24.8. The van der Waals surface area contributed by atoms with Gasteiger partial charge in [0.2, 0.25) is 11.8 Å². The SMILES string of the molecule is CCC(=O)N1CCc2cc(S(=O)(=O)CCC(=O)N(CC)c3cccc(C(F)(F)F)c3)ccc21. The Labute approximate surface area is 190 Å². The monoisotopic (exact) mass is 482 g/mol. The number of amides is 2. The third-order valence-corrected chi connectivity index (χ3v) is 7.31. The van der Waals surface area contributed by atoms with Crippen molar-refractivity contribution in [3.63, 3.8) is 0 Å². The third-order valence-electron chi connectivity index (χ3n) is 5.60. The minimum atomic E-state index is -4.55. The molecule has 0 N–H and O–H groups in total. The van der Waals surface area contributed by atoms with E-state index in [-0.39, 0.29) is 29.5 Å². The summed E-state index contributed by atoms with van der Waals surface area (Å²) in [5.41, 5.74) is 0.627. The zero-order valence-corrected chi connectivity index (χ0v) is 19.2. The van der Waals surface area contributed by atoms with Crippen molar-refractivity contribution in [2.75, 3.05) is 28.6 Å². The van der Waals surface area contributed by atoms with Crippen molar-refractivity contribution in [1.29, 1.82) is 0 Å². The fourth-order valence-electron chi connectivity index (χ4n) is 3.85. The van der Waals surface area contributed by atoms with Crippen molar-refractivity contribution < 1.29 is 31.2 Å². The van der Waals surface area contributed by atoms with Gasteiger partial charge in [0.25, 0.3) is 0 Å². The molecule has 1 heterocycles. The summed E-state index contributed by atoms with van der Waals surface area (Å²) in [5.74, 6) is -1.09. The first-order chi connectivity index (χ1) is 15.5. The van der Waals surface area contributed by atoms with Crippen LogP contribution in [0.1, 0.15) is 37.8 Å². The largest absolute Gasteiger partial charge is 0.416 e. The van der Waals surface area contributed by atoms with E-state index >= 15 is 0 Å². The Morgan fingerprint density at radius 2 is 1.82 bits per heavy atom. The topological polar surface area (TPSA) is 74.8 Å². The van der Waals surface area contributed by atoms with Crippen LogP contribution < -0.4 is 9.80 Å². The lowest BCUT2D eigenvalue weighted by atomic mass is 10.1. The third kappa shape index (κ3) is 5.38. The number of benzene rings is 2. The van der Waals surface area contributed by atoms with Crippen molar-refractivity contribution in [2.24, 2.45) is 0 Å². The predicted octanol–water partition coefficient (Wildman–Crippen LogP) is 4.22. The van der Waals surface area contributed by atoms with E-state index in [0.717, 1.165) is 22.6 Å². The van der Waals surface area contributed by atoms with Gasteiger partial charge in [-0.25, -0.2) is 8.42 Å². The molecule has 0 saturated heterocycles. The van der Waals surface area contributed by atoms with Crippen molar-refractivity contribution in [2.45, 2.75) is 44.2 Å². The van der Waals surface area contributed by atoms with Crippen LogP contribution in [0.25, 0.3) is 0 Å². The number of halogens is 3. The van der Waals surface area contributed by atoms with E-state index in [1.807, 2.05) is 0 Å². The Morgan fingerprint density at radius 3 is 2.45 bits per heavy atom. The number of hydrogen-bond acceptors (Lipinski definition) is 4. The molecule has 1 aliphatic rings. The maximum atomic E-state index is 13.0. The second kappa shape index (κ2) is 9.54. The molecule has 0 saturated carbocycles. The lowest BCUT2D eigenvalue weighted by molar-refractivity contribution is -0.137. The molecule has 6 nitrogen and oxygen atoms in total. The number of nitrogens with zero attached hydrogens (tertiary/aromatic N) is 2. The van der Waals surface area contributed by atoms with E-state index in [1.54, 1.807) is 24.8 Å². The number of rotatable bonds is 7. The molecule has 0 unspecified atom stereocenters. The van der Waals surface area contributed by atoms with Gasteiger partial charge in [-0.05, 0) is 55.3 Å². The Bertz CT molecular complexity index is 1160. The van der Waals surface area contributed by atoms with E-state index in [2.05, 4.69) is 0 Å².